The van der Waals surface area contributed by atoms with Crippen LogP contribution >= 0.6 is 0 Å². The molecule has 0 saturated heterocycles. The molecule has 15 heavy (non-hydrogen) atoms. The Kier molecular flexibility index (Phi) is 4.47. The standard InChI is InChI=1S/C11H15NO3/c1-14-10-5-3-4-9(8-10)12-7-6-11(13)15-2/h3-5,8,12H,6-7H2,1-2H3. The van der Waals surface area contributed by atoms with E-state index in [2.05, 4.69) is 10.1 Å². The Morgan fingerprint density at radius 3 is 2.87 bits per heavy atom. The molecule has 0 atom stereocenters. The molecule has 0 heterocycles. The molecule has 0 radical (unpaired) electrons. The molecule has 4 heteroatoms. The Hall–Kier alpha value is -1.71. The maximum absolute atomic E-state index is 10.8. The van der Waals surface area contributed by atoms with Crippen molar-refractivity contribution in [3.8, 4) is 5.75 Å². The van der Waals surface area contributed by atoms with Crippen LogP contribution in [0.25, 0.3) is 0 Å². The van der Waals surface area contributed by atoms with E-state index in [-0.39, 0.29) is 5.97 Å². The number of anilines is 1. The Balaban J connectivity index is 2.40. The minimum absolute atomic E-state index is 0.217. The zero-order valence-corrected chi connectivity index (χ0v) is 8.95. The number of carbonyl (C=O) groups is 1. The number of esters is 1. The lowest BCUT2D eigenvalue weighted by Crippen LogP contribution is -2.09. The molecule has 1 aromatic carbocycles. The largest absolute Gasteiger partial charge is 0.497 e. The van der Waals surface area contributed by atoms with Gasteiger partial charge in [0.1, 0.15) is 5.75 Å². The van der Waals surface area contributed by atoms with E-state index in [9.17, 15) is 4.79 Å². The summed E-state index contributed by atoms with van der Waals surface area (Å²) in [4.78, 5) is 10.8. The van der Waals surface area contributed by atoms with Crippen LogP contribution in [0.1, 0.15) is 6.42 Å². The summed E-state index contributed by atoms with van der Waals surface area (Å²) in [6, 6.07) is 7.54. The number of rotatable bonds is 5. The maximum atomic E-state index is 10.8. The number of hydrogen-bond donors (Lipinski definition) is 1. The topological polar surface area (TPSA) is 47.6 Å². The first-order valence-corrected chi connectivity index (χ1v) is 4.71. The molecule has 0 bridgehead atoms. The lowest BCUT2D eigenvalue weighted by Gasteiger charge is -2.06. The van der Waals surface area contributed by atoms with Gasteiger partial charge in [-0.3, -0.25) is 4.79 Å². The van der Waals surface area contributed by atoms with E-state index >= 15 is 0 Å². The van der Waals surface area contributed by atoms with Crippen LogP contribution in [0.15, 0.2) is 24.3 Å². The van der Waals surface area contributed by atoms with Gasteiger partial charge in [0, 0.05) is 18.3 Å². The molecular formula is C11H15NO3. The van der Waals surface area contributed by atoms with E-state index < -0.39 is 0 Å². The highest BCUT2D eigenvalue weighted by Gasteiger charge is 1.99. The third-order valence-electron chi connectivity index (χ3n) is 1.96. The zero-order valence-electron chi connectivity index (χ0n) is 8.95. The van der Waals surface area contributed by atoms with Gasteiger partial charge in [-0.15, -0.1) is 0 Å². The van der Waals surface area contributed by atoms with Crippen molar-refractivity contribution in [2.45, 2.75) is 6.42 Å². The fourth-order valence-electron chi connectivity index (χ4n) is 1.14. The second kappa shape index (κ2) is 5.90. The van der Waals surface area contributed by atoms with Gasteiger partial charge in [-0.2, -0.15) is 0 Å². The van der Waals surface area contributed by atoms with Gasteiger partial charge in [-0.25, -0.2) is 0 Å². The SMILES string of the molecule is COC(=O)CCNc1cccc(OC)c1. The summed E-state index contributed by atoms with van der Waals surface area (Å²) < 4.78 is 9.60. The first kappa shape index (κ1) is 11.4. The Morgan fingerprint density at radius 1 is 1.40 bits per heavy atom. The van der Waals surface area contributed by atoms with Crippen molar-refractivity contribution in [3.05, 3.63) is 24.3 Å². The summed E-state index contributed by atoms with van der Waals surface area (Å²) in [5.41, 5.74) is 0.929. The molecule has 0 unspecified atom stereocenters. The number of methoxy groups -OCH3 is 2. The van der Waals surface area contributed by atoms with E-state index in [1.165, 1.54) is 7.11 Å². The lowest BCUT2D eigenvalue weighted by molar-refractivity contribution is -0.140. The van der Waals surface area contributed by atoms with Crippen LogP contribution in [0, 0.1) is 0 Å². The summed E-state index contributed by atoms with van der Waals surface area (Å²) in [5, 5.41) is 3.10. The Labute approximate surface area is 89.2 Å². The van der Waals surface area contributed by atoms with Gasteiger partial charge in [0.05, 0.1) is 20.6 Å². The zero-order chi connectivity index (χ0) is 11.1. The second-order valence-corrected chi connectivity index (χ2v) is 2.98. The number of carbonyl (C=O) groups excluding carboxylic acids is 1. The van der Waals surface area contributed by atoms with Crippen LogP contribution in [-0.4, -0.2) is 26.7 Å². The predicted octanol–water partition coefficient (Wildman–Crippen LogP) is 1.67. The van der Waals surface area contributed by atoms with Crippen LogP contribution < -0.4 is 10.1 Å². The normalized spacial score (nSPS) is 9.47. The number of benzene rings is 1. The Morgan fingerprint density at radius 2 is 2.20 bits per heavy atom. The molecule has 1 rings (SSSR count). The van der Waals surface area contributed by atoms with Crippen molar-refractivity contribution < 1.29 is 14.3 Å². The molecular weight excluding hydrogens is 194 g/mol. The molecule has 1 aromatic rings. The van der Waals surface area contributed by atoms with Crippen molar-refractivity contribution in [1.29, 1.82) is 0 Å². The summed E-state index contributed by atoms with van der Waals surface area (Å²) in [6.07, 6.45) is 0.355. The summed E-state index contributed by atoms with van der Waals surface area (Å²) >= 11 is 0. The average Bonchev–Trinajstić information content (AvgIpc) is 2.29. The quantitative estimate of drug-likeness (QED) is 0.749. The number of hydrogen-bond acceptors (Lipinski definition) is 4. The van der Waals surface area contributed by atoms with E-state index in [0.717, 1.165) is 11.4 Å². The van der Waals surface area contributed by atoms with Gasteiger partial charge in [0.2, 0.25) is 0 Å². The monoisotopic (exact) mass is 209 g/mol. The highest BCUT2D eigenvalue weighted by molar-refractivity contribution is 5.69. The summed E-state index contributed by atoms with van der Waals surface area (Å²) in [5.74, 6) is 0.573. The first-order chi connectivity index (χ1) is 7.26. The van der Waals surface area contributed by atoms with Crippen molar-refractivity contribution >= 4 is 11.7 Å². The van der Waals surface area contributed by atoms with Crippen LogP contribution in [0.5, 0.6) is 5.75 Å². The molecule has 4 nitrogen and oxygen atoms in total. The fourth-order valence-corrected chi connectivity index (χ4v) is 1.14. The number of nitrogens with one attached hydrogen (secondary N) is 1. The van der Waals surface area contributed by atoms with E-state index in [4.69, 9.17) is 4.74 Å². The number of ether oxygens (including phenoxy) is 2. The van der Waals surface area contributed by atoms with Gasteiger partial charge in [-0.05, 0) is 12.1 Å². The van der Waals surface area contributed by atoms with Crippen molar-refractivity contribution in [2.24, 2.45) is 0 Å². The third-order valence-corrected chi connectivity index (χ3v) is 1.96. The lowest BCUT2D eigenvalue weighted by atomic mass is 10.3. The Bertz CT molecular complexity index is 325. The van der Waals surface area contributed by atoms with Gasteiger partial charge >= 0.3 is 5.97 Å². The molecule has 0 aliphatic heterocycles. The fraction of sp³-hybridized carbons (Fsp3) is 0.364. The minimum atomic E-state index is -0.217. The highest BCUT2D eigenvalue weighted by Crippen LogP contribution is 2.16. The van der Waals surface area contributed by atoms with Gasteiger partial charge < -0.3 is 14.8 Å². The molecule has 0 amide bonds. The molecule has 0 aliphatic carbocycles. The van der Waals surface area contributed by atoms with E-state index in [1.807, 2.05) is 24.3 Å². The molecule has 0 fully saturated rings. The molecule has 0 saturated carbocycles. The summed E-state index contributed by atoms with van der Waals surface area (Å²) in [6.45, 7) is 0.555. The molecule has 0 aromatic heterocycles. The molecule has 82 valence electrons. The molecule has 0 spiro atoms. The van der Waals surface area contributed by atoms with Crippen molar-refractivity contribution in [1.82, 2.24) is 0 Å². The van der Waals surface area contributed by atoms with Gasteiger partial charge in [0.15, 0.2) is 0 Å². The maximum Gasteiger partial charge on any atom is 0.307 e. The average molecular weight is 209 g/mol. The van der Waals surface area contributed by atoms with E-state index in [1.54, 1.807) is 7.11 Å². The van der Waals surface area contributed by atoms with E-state index in [0.29, 0.717) is 13.0 Å². The first-order valence-electron chi connectivity index (χ1n) is 4.71. The van der Waals surface area contributed by atoms with Crippen LogP contribution in [0.4, 0.5) is 5.69 Å². The second-order valence-electron chi connectivity index (χ2n) is 2.98. The smallest absolute Gasteiger partial charge is 0.307 e. The molecule has 1 N–H and O–H groups in total. The minimum Gasteiger partial charge on any atom is -0.497 e. The van der Waals surface area contributed by atoms with Crippen molar-refractivity contribution in [3.63, 3.8) is 0 Å². The highest BCUT2D eigenvalue weighted by atomic mass is 16.5. The van der Waals surface area contributed by atoms with Gasteiger partial charge in [0.25, 0.3) is 0 Å². The van der Waals surface area contributed by atoms with Gasteiger partial charge in [-0.1, -0.05) is 6.07 Å². The van der Waals surface area contributed by atoms with Crippen molar-refractivity contribution in [2.75, 3.05) is 26.1 Å². The summed E-state index contributed by atoms with van der Waals surface area (Å²) in [7, 11) is 3.00. The predicted molar refractivity (Wildman–Crippen MR) is 58.1 cm³/mol. The van der Waals surface area contributed by atoms with Crippen LogP contribution in [-0.2, 0) is 9.53 Å². The van der Waals surface area contributed by atoms with Crippen LogP contribution in [0.3, 0.4) is 0 Å². The van der Waals surface area contributed by atoms with Crippen LogP contribution in [0.2, 0.25) is 0 Å². The molecule has 0 aliphatic rings. The third kappa shape index (κ3) is 3.89.